The fraction of sp³-hybridized carbons (Fsp3) is 0.0588. The molecule has 4 aromatic rings. The number of carbonyl (C=O) groups is 1. The molecular weight excluding hydrogens is 467 g/mol. The molecule has 0 atom stereocenters. The average molecular weight is 478 g/mol. The first-order valence-corrected chi connectivity index (χ1v) is 9.38. The zero-order valence-corrected chi connectivity index (χ0v) is 16.4. The molecule has 0 aliphatic carbocycles. The smallest absolute Gasteiger partial charge is 0.279 e. The molecule has 130 valence electrons. The topological polar surface area (TPSA) is 94.1 Å². The van der Waals surface area contributed by atoms with Crippen molar-refractivity contribution in [1.82, 2.24) is 14.5 Å². The summed E-state index contributed by atoms with van der Waals surface area (Å²) in [4.78, 5) is 16.6. The molecule has 26 heavy (non-hydrogen) atoms. The van der Waals surface area contributed by atoms with E-state index in [1.54, 1.807) is 12.1 Å². The third-order valence-corrected chi connectivity index (χ3v) is 4.73. The lowest BCUT2D eigenvalue weighted by Gasteiger charge is -1.96. The summed E-state index contributed by atoms with van der Waals surface area (Å²) >= 11 is 3.13. The first kappa shape index (κ1) is 16.9. The van der Waals surface area contributed by atoms with Gasteiger partial charge in [-0.05, 0) is 41.6 Å². The van der Waals surface area contributed by atoms with Gasteiger partial charge in [-0.2, -0.15) is 9.36 Å². The maximum absolute atomic E-state index is 12.3. The minimum Gasteiger partial charge on any atom is -0.447 e. The summed E-state index contributed by atoms with van der Waals surface area (Å²) in [5.41, 5.74) is 2.17. The Morgan fingerprint density at radius 2 is 1.96 bits per heavy atom. The van der Waals surface area contributed by atoms with Gasteiger partial charge in [0.25, 0.3) is 5.91 Å². The SMILES string of the molecule is Cc1ccc(-c2cc(C(=O)Nc3nc(-c4ccc(I)o4)ns3)no2)cc1. The molecule has 4 rings (SSSR count). The van der Waals surface area contributed by atoms with Gasteiger partial charge in [-0.15, -0.1) is 0 Å². The second-order valence-electron chi connectivity index (χ2n) is 5.42. The molecule has 0 aliphatic rings. The van der Waals surface area contributed by atoms with Crippen LogP contribution in [0.5, 0.6) is 0 Å². The number of benzene rings is 1. The Bertz CT molecular complexity index is 1070. The van der Waals surface area contributed by atoms with Gasteiger partial charge in [-0.25, -0.2) is 0 Å². The maximum atomic E-state index is 12.3. The highest BCUT2D eigenvalue weighted by Crippen LogP contribution is 2.25. The van der Waals surface area contributed by atoms with E-state index in [0.717, 1.165) is 26.4 Å². The Hall–Kier alpha value is -2.53. The quantitative estimate of drug-likeness (QED) is 0.431. The Morgan fingerprint density at radius 1 is 1.15 bits per heavy atom. The van der Waals surface area contributed by atoms with E-state index in [1.807, 2.05) is 37.3 Å². The monoisotopic (exact) mass is 478 g/mol. The van der Waals surface area contributed by atoms with E-state index in [0.29, 0.717) is 22.5 Å². The Kier molecular flexibility index (Phi) is 4.55. The van der Waals surface area contributed by atoms with Crippen LogP contribution in [0.4, 0.5) is 5.13 Å². The normalized spacial score (nSPS) is 10.8. The fourth-order valence-electron chi connectivity index (χ4n) is 2.21. The molecule has 0 saturated carbocycles. The lowest BCUT2D eigenvalue weighted by molar-refractivity contribution is 0.101. The van der Waals surface area contributed by atoms with Crippen LogP contribution in [0.15, 0.2) is 51.4 Å². The number of halogens is 1. The number of hydrogen-bond donors (Lipinski definition) is 1. The van der Waals surface area contributed by atoms with E-state index in [-0.39, 0.29) is 5.69 Å². The predicted molar refractivity (Wildman–Crippen MR) is 105 cm³/mol. The number of carbonyl (C=O) groups excluding carboxylic acids is 1. The minimum atomic E-state index is -0.413. The third-order valence-electron chi connectivity index (χ3n) is 3.52. The van der Waals surface area contributed by atoms with Crippen LogP contribution in [-0.2, 0) is 0 Å². The molecular formula is C17H11IN4O3S. The zero-order chi connectivity index (χ0) is 18.1. The van der Waals surface area contributed by atoms with Crippen molar-refractivity contribution in [3.8, 4) is 22.9 Å². The van der Waals surface area contributed by atoms with Crippen molar-refractivity contribution < 1.29 is 13.7 Å². The van der Waals surface area contributed by atoms with Crippen molar-refractivity contribution in [3.05, 3.63) is 57.5 Å². The largest absolute Gasteiger partial charge is 0.447 e. The molecule has 3 heterocycles. The van der Waals surface area contributed by atoms with E-state index < -0.39 is 5.91 Å². The lowest BCUT2D eigenvalue weighted by atomic mass is 10.1. The Labute approximate surface area is 165 Å². The van der Waals surface area contributed by atoms with Crippen molar-refractivity contribution in [2.45, 2.75) is 6.92 Å². The molecule has 0 bridgehead atoms. The van der Waals surface area contributed by atoms with Gasteiger partial charge >= 0.3 is 0 Å². The van der Waals surface area contributed by atoms with E-state index >= 15 is 0 Å². The average Bonchev–Trinajstić information content (AvgIpc) is 3.35. The predicted octanol–water partition coefficient (Wildman–Crippen LogP) is 4.62. The van der Waals surface area contributed by atoms with E-state index in [9.17, 15) is 4.79 Å². The van der Waals surface area contributed by atoms with Crippen molar-refractivity contribution in [2.75, 3.05) is 5.32 Å². The van der Waals surface area contributed by atoms with Crippen LogP contribution in [0.25, 0.3) is 22.9 Å². The van der Waals surface area contributed by atoms with E-state index in [4.69, 9.17) is 8.94 Å². The third kappa shape index (κ3) is 3.53. The summed E-state index contributed by atoms with van der Waals surface area (Å²) in [5, 5.41) is 6.86. The molecule has 3 aromatic heterocycles. The molecule has 0 unspecified atom stereocenters. The highest BCUT2D eigenvalue weighted by atomic mass is 127. The van der Waals surface area contributed by atoms with Crippen LogP contribution in [0.2, 0.25) is 0 Å². The summed E-state index contributed by atoms with van der Waals surface area (Å²) in [6.07, 6.45) is 0. The van der Waals surface area contributed by atoms with Crippen molar-refractivity contribution in [2.24, 2.45) is 0 Å². The summed E-state index contributed by atoms with van der Waals surface area (Å²) in [5.74, 6) is 1.09. The van der Waals surface area contributed by atoms with Gasteiger partial charge in [0.1, 0.15) is 0 Å². The highest BCUT2D eigenvalue weighted by molar-refractivity contribution is 14.1. The molecule has 0 spiro atoms. The van der Waals surface area contributed by atoms with E-state index in [2.05, 4.69) is 42.4 Å². The molecule has 9 heteroatoms. The van der Waals surface area contributed by atoms with Crippen LogP contribution in [-0.4, -0.2) is 20.4 Å². The number of nitrogens with zero attached hydrogens (tertiary/aromatic N) is 3. The van der Waals surface area contributed by atoms with Crippen LogP contribution in [0, 0.1) is 10.7 Å². The second kappa shape index (κ2) is 7.00. The molecule has 0 aliphatic heterocycles. The molecule has 1 aromatic carbocycles. The number of aryl methyl sites for hydroxylation is 1. The van der Waals surface area contributed by atoms with Crippen molar-refractivity contribution in [3.63, 3.8) is 0 Å². The number of hydrogen-bond acceptors (Lipinski definition) is 7. The first-order valence-electron chi connectivity index (χ1n) is 7.53. The molecule has 7 nitrogen and oxygen atoms in total. The Morgan fingerprint density at radius 3 is 2.69 bits per heavy atom. The second-order valence-corrected chi connectivity index (χ2v) is 7.24. The van der Waals surface area contributed by atoms with Gasteiger partial charge in [-0.1, -0.05) is 35.0 Å². The van der Waals surface area contributed by atoms with Crippen LogP contribution < -0.4 is 5.32 Å². The Balaban J connectivity index is 1.49. The van der Waals surface area contributed by atoms with Gasteiger partial charge in [0, 0.05) is 23.2 Å². The summed E-state index contributed by atoms with van der Waals surface area (Å²) in [7, 11) is 0. The molecule has 1 amide bonds. The summed E-state index contributed by atoms with van der Waals surface area (Å²) in [6, 6.07) is 13.0. The van der Waals surface area contributed by atoms with Gasteiger partial charge in [-0.3, -0.25) is 10.1 Å². The molecule has 0 saturated heterocycles. The zero-order valence-electron chi connectivity index (χ0n) is 13.4. The standard InChI is InChI=1S/C17H11IN4O3S/c1-9-2-4-10(5-3-9)13-8-11(21-25-13)16(23)20-17-19-15(22-26-17)12-6-7-14(18)24-12/h2-8H,1H3,(H,19,20,22,23). The van der Waals surface area contributed by atoms with Crippen LogP contribution in [0.1, 0.15) is 16.1 Å². The minimum absolute atomic E-state index is 0.171. The maximum Gasteiger partial charge on any atom is 0.279 e. The number of furan rings is 1. The molecule has 1 N–H and O–H groups in total. The van der Waals surface area contributed by atoms with Gasteiger partial charge in [0.05, 0.1) is 0 Å². The van der Waals surface area contributed by atoms with Crippen LogP contribution >= 0.6 is 34.1 Å². The summed E-state index contributed by atoms with van der Waals surface area (Å²) in [6.45, 7) is 2.00. The van der Waals surface area contributed by atoms with Gasteiger partial charge in [0.15, 0.2) is 21.0 Å². The number of nitrogens with one attached hydrogen (secondary N) is 1. The highest BCUT2D eigenvalue weighted by Gasteiger charge is 2.17. The number of aromatic nitrogens is 3. The number of anilines is 1. The molecule has 0 fully saturated rings. The van der Waals surface area contributed by atoms with Gasteiger partial charge in [0.2, 0.25) is 11.0 Å². The molecule has 0 radical (unpaired) electrons. The van der Waals surface area contributed by atoms with Crippen molar-refractivity contribution >= 4 is 45.2 Å². The van der Waals surface area contributed by atoms with Gasteiger partial charge < -0.3 is 8.94 Å². The lowest BCUT2D eigenvalue weighted by Crippen LogP contribution is -2.11. The summed E-state index contributed by atoms with van der Waals surface area (Å²) < 4.78 is 15.7. The van der Waals surface area contributed by atoms with E-state index in [1.165, 1.54) is 0 Å². The number of rotatable bonds is 4. The van der Waals surface area contributed by atoms with Crippen molar-refractivity contribution in [1.29, 1.82) is 0 Å². The number of amides is 1. The first-order chi connectivity index (χ1) is 12.6. The fourth-order valence-corrected chi connectivity index (χ4v) is 3.19. The van der Waals surface area contributed by atoms with Crippen LogP contribution in [0.3, 0.4) is 0 Å².